The third kappa shape index (κ3) is 4.63. The zero-order chi connectivity index (χ0) is 20.8. The third-order valence-electron chi connectivity index (χ3n) is 6.19. The molecule has 1 saturated carbocycles. The summed E-state index contributed by atoms with van der Waals surface area (Å²) < 4.78 is 5.46. The van der Waals surface area contributed by atoms with Gasteiger partial charge in [0, 0.05) is 0 Å². The molecule has 3 aromatic rings. The van der Waals surface area contributed by atoms with Crippen molar-refractivity contribution in [1.82, 2.24) is 4.90 Å². The van der Waals surface area contributed by atoms with Gasteiger partial charge in [-0.2, -0.15) is 0 Å². The Morgan fingerprint density at radius 2 is 1.13 bits per heavy atom. The van der Waals surface area contributed by atoms with E-state index in [4.69, 9.17) is 12.2 Å². The van der Waals surface area contributed by atoms with Gasteiger partial charge in [-0.25, -0.2) is 0 Å². The quantitative estimate of drug-likeness (QED) is 0.335. The van der Waals surface area contributed by atoms with E-state index in [0.717, 1.165) is 4.32 Å². The molecule has 1 aliphatic rings. The first-order valence-electron chi connectivity index (χ1n) is 10.8. The Morgan fingerprint density at radius 3 is 1.53 bits per heavy atom. The Bertz CT molecular complexity index is 844. The van der Waals surface area contributed by atoms with Gasteiger partial charge in [0.2, 0.25) is 0 Å². The van der Waals surface area contributed by atoms with Crippen LogP contribution in [0.5, 0.6) is 0 Å². The van der Waals surface area contributed by atoms with E-state index in [-0.39, 0.29) is 0 Å². The minimum atomic E-state index is -3.40. The van der Waals surface area contributed by atoms with Crippen LogP contribution in [0.4, 0.5) is 0 Å². The van der Waals surface area contributed by atoms with Crippen LogP contribution in [0.15, 0.2) is 91.0 Å². The Hall–Kier alpha value is -1.30. The van der Waals surface area contributed by atoms with Crippen LogP contribution in [-0.4, -0.2) is 39.3 Å². The van der Waals surface area contributed by atoms with Crippen molar-refractivity contribution in [2.45, 2.75) is 38.1 Å². The Labute approximate surface area is 193 Å². The molecular formula is C26H29NS2Sn. The van der Waals surface area contributed by atoms with Crippen molar-refractivity contribution in [2.75, 3.05) is 7.05 Å². The topological polar surface area (TPSA) is 3.24 Å². The van der Waals surface area contributed by atoms with Crippen LogP contribution in [0.1, 0.15) is 32.1 Å². The monoisotopic (exact) mass is 539 g/mol. The normalized spacial score (nSPS) is 15.0. The molecule has 154 valence electrons. The summed E-state index contributed by atoms with van der Waals surface area (Å²) in [6.07, 6.45) is 6.55. The van der Waals surface area contributed by atoms with Crippen LogP contribution in [0, 0.1) is 0 Å². The fraction of sp³-hybridized carbons (Fsp3) is 0.269. The number of thiocarbonyl (C=S) groups is 1. The SMILES string of the molecule is CN(C(=S)[S][Sn]([c]1ccccc1)([c]1ccccc1)[c]1ccccc1)C1CCCCC1. The first-order chi connectivity index (χ1) is 14.7. The summed E-state index contributed by atoms with van der Waals surface area (Å²) in [4.78, 5) is 2.42. The first-order valence-corrected chi connectivity index (χ1v) is 19.8. The van der Waals surface area contributed by atoms with Gasteiger partial charge in [0.05, 0.1) is 0 Å². The van der Waals surface area contributed by atoms with E-state index in [1.807, 2.05) is 8.95 Å². The van der Waals surface area contributed by atoms with E-state index >= 15 is 0 Å². The summed E-state index contributed by atoms with van der Waals surface area (Å²) in [6.45, 7) is 0. The van der Waals surface area contributed by atoms with Crippen molar-refractivity contribution in [3.05, 3.63) is 91.0 Å². The predicted octanol–water partition coefficient (Wildman–Crippen LogP) is 4.94. The molecule has 0 unspecified atom stereocenters. The van der Waals surface area contributed by atoms with Crippen LogP contribution in [0.25, 0.3) is 0 Å². The van der Waals surface area contributed by atoms with Crippen LogP contribution >= 0.6 is 21.2 Å². The standard InChI is InChI=1S/C8H15NS2.3C6H5.Sn/c1-9(8(10)11)7-5-3-2-4-6-7;3*1-2-4-6-5-3-1;/h7H,2-6H2,1H3,(H,10,11);3*1-5H;/q;;;;+1/p-1. The number of benzene rings is 3. The molecule has 0 heterocycles. The summed E-state index contributed by atoms with van der Waals surface area (Å²) in [5.74, 6) is 0. The molecule has 0 radical (unpaired) electrons. The molecule has 1 nitrogen and oxygen atoms in total. The molecule has 1 aliphatic carbocycles. The van der Waals surface area contributed by atoms with Crippen LogP contribution < -0.4 is 10.7 Å². The first kappa shape index (κ1) is 21.9. The minimum absolute atomic E-state index is 0.588. The Balaban J connectivity index is 1.81. The molecule has 0 aliphatic heterocycles. The third-order valence-corrected chi connectivity index (χ3v) is 27.6. The zero-order valence-electron chi connectivity index (χ0n) is 17.5. The predicted molar refractivity (Wildman–Crippen MR) is 139 cm³/mol. The second kappa shape index (κ2) is 10.3. The van der Waals surface area contributed by atoms with Gasteiger partial charge >= 0.3 is 194 Å². The summed E-state index contributed by atoms with van der Waals surface area (Å²) in [7, 11) is 4.25. The average Bonchev–Trinajstić information content (AvgIpc) is 2.84. The van der Waals surface area contributed by atoms with Crippen molar-refractivity contribution < 1.29 is 0 Å². The van der Waals surface area contributed by atoms with Crippen molar-refractivity contribution in [1.29, 1.82) is 0 Å². The maximum absolute atomic E-state index is 6.15. The van der Waals surface area contributed by atoms with Gasteiger partial charge in [-0.05, 0) is 0 Å². The van der Waals surface area contributed by atoms with Gasteiger partial charge in [0.15, 0.2) is 0 Å². The summed E-state index contributed by atoms with van der Waals surface area (Å²) in [6, 6.07) is 34.0. The molecule has 0 saturated heterocycles. The van der Waals surface area contributed by atoms with Gasteiger partial charge < -0.3 is 0 Å². The molecule has 0 amide bonds. The molecule has 0 aromatic heterocycles. The summed E-state index contributed by atoms with van der Waals surface area (Å²) >= 11 is 2.75. The van der Waals surface area contributed by atoms with E-state index in [1.165, 1.54) is 42.8 Å². The number of nitrogens with zero attached hydrogens (tertiary/aromatic N) is 1. The Morgan fingerprint density at radius 1 is 0.733 bits per heavy atom. The average molecular weight is 538 g/mol. The van der Waals surface area contributed by atoms with Crippen molar-refractivity contribution in [3.8, 4) is 0 Å². The molecule has 0 spiro atoms. The Kier molecular flexibility index (Phi) is 7.55. The van der Waals surface area contributed by atoms with Gasteiger partial charge in [-0.15, -0.1) is 0 Å². The zero-order valence-corrected chi connectivity index (χ0v) is 22.0. The summed E-state index contributed by atoms with van der Waals surface area (Å²) in [5, 5.41) is 0. The molecule has 0 N–H and O–H groups in total. The van der Waals surface area contributed by atoms with Gasteiger partial charge in [-0.3, -0.25) is 0 Å². The second-order valence-corrected chi connectivity index (χ2v) is 24.0. The molecule has 1 fully saturated rings. The summed E-state index contributed by atoms with van der Waals surface area (Å²) in [5.41, 5.74) is 0. The fourth-order valence-electron chi connectivity index (χ4n) is 4.52. The van der Waals surface area contributed by atoms with Gasteiger partial charge in [0.25, 0.3) is 0 Å². The number of rotatable bonds is 5. The van der Waals surface area contributed by atoms with E-state index in [2.05, 4.69) is 103 Å². The maximum atomic E-state index is 6.15. The van der Waals surface area contributed by atoms with Crippen molar-refractivity contribution >= 4 is 53.2 Å². The van der Waals surface area contributed by atoms with E-state index in [0.29, 0.717) is 6.04 Å². The fourth-order valence-corrected chi connectivity index (χ4v) is 25.9. The molecule has 0 atom stereocenters. The molecule has 30 heavy (non-hydrogen) atoms. The van der Waals surface area contributed by atoms with Crippen LogP contribution in [0.3, 0.4) is 0 Å². The van der Waals surface area contributed by atoms with Gasteiger partial charge in [-0.1, -0.05) is 0 Å². The molecule has 3 aromatic carbocycles. The number of hydrogen-bond acceptors (Lipinski definition) is 2. The van der Waals surface area contributed by atoms with Gasteiger partial charge in [0.1, 0.15) is 0 Å². The van der Waals surface area contributed by atoms with E-state index in [1.54, 1.807) is 0 Å². The molecule has 0 bridgehead atoms. The van der Waals surface area contributed by atoms with E-state index < -0.39 is 17.0 Å². The second-order valence-electron chi connectivity index (χ2n) is 8.05. The van der Waals surface area contributed by atoms with Crippen LogP contribution in [0.2, 0.25) is 0 Å². The van der Waals surface area contributed by atoms with E-state index in [9.17, 15) is 0 Å². The van der Waals surface area contributed by atoms with Crippen LogP contribution in [-0.2, 0) is 0 Å². The number of hydrogen-bond donors (Lipinski definition) is 0. The molecule has 4 heteroatoms. The van der Waals surface area contributed by atoms with Crippen molar-refractivity contribution in [3.63, 3.8) is 0 Å². The van der Waals surface area contributed by atoms with Crippen molar-refractivity contribution in [2.24, 2.45) is 0 Å². The molecule has 4 rings (SSSR count). The molecular weight excluding hydrogens is 509 g/mol.